The van der Waals surface area contributed by atoms with Crippen LogP contribution in [0.2, 0.25) is 0 Å². The molecule has 3 rings (SSSR count). The number of halogens is 1. The minimum atomic E-state index is -3.53. The standard InChI is InChI=1S/C20H24BrN3O3S/c21-18-8-10-19(11-9-18)28(26,27)24-15-13-23(14-16-24)20(25)22-12-4-7-17-5-2-1-3-6-17/h1-3,5-6,8-11H,4,7,12-16H2,(H,22,25). The number of hydrogen-bond donors (Lipinski definition) is 1. The Kier molecular flexibility index (Phi) is 7.09. The van der Waals surface area contributed by atoms with Crippen molar-refractivity contribution in [1.29, 1.82) is 0 Å². The van der Waals surface area contributed by atoms with E-state index in [0.29, 0.717) is 32.7 Å². The zero-order valence-corrected chi connectivity index (χ0v) is 18.0. The smallest absolute Gasteiger partial charge is 0.317 e. The van der Waals surface area contributed by atoms with Gasteiger partial charge in [0.1, 0.15) is 0 Å². The van der Waals surface area contributed by atoms with Gasteiger partial charge >= 0.3 is 6.03 Å². The molecule has 0 atom stereocenters. The fourth-order valence-corrected chi connectivity index (χ4v) is 4.82. The Bertz CT molecular complexity index is 881. The van der Waals surface area contributed by atoms with E-state index >= 15 is 0 Å². The molecule has 0 aromatic heterocycles. The molecule has 1 heterocycles. The second kappa shape index (κ2) is 9.54. The van der Waals surface area contributed by atoms with E-state index in [-0.39, 0.29) is 10.9 Å². The number of piperazine rings is 1. The first-order chi connectivity index (χ1) is 13.5. The van der Waals surface area contributed by atoms with Crippen molar-refractivity contribution in [1.82, 2.24) is 14.5 Å². The van der Waals surface area contributed by atoms with E-state index < -0.39 is 10.0 Å². The highest BCUT2D eigenvalue weighted by Gasteiger charge is 2.29. The van der Waals surface area contributed by atoms with Gasteiger partial charge in [0, 0.05) is 37.2 Å². The molecule has 1 saturated heterocycles. The molecule has 0 radical (unpaired) electrons. The van der Waals surface area contributed by atoms with Crippen LogP contribution in [0.4, 0.5) is 4.79 Å². The maximum absolute atomic E-state index is 12.7. The Balaban J connectivity index is 1.44. The van der Waals surface area contributed by atoms with Gasteiger partial charge in [-0.1, -0.05) is 46.3 Å². The minimum Gasteiger partial charge on any atom is -0.338 e. The van der Waals surface area contributed by atoms with Crippen molar-refractivity contribution < 1.29 is 13.2 Å². The van der Waals surface area contributed by atoms with Crippen molar-refractivity contribution in [2.24, 2.45) is 0 Å². The molecule has 0 spiro atoms. The van der Waals surface area contributed by atoms with Crippen LogP contribution in [-0.2, 0) is 16.4 Å². The van der Waals surface area contributed by atoms with E-state index in [0.717, 1.165) is 17.3 Å². The topological polar surface area (TPSA) is 69.7 Å². The van der Waals surface area contributed by atoms with E-state index in [1.54, 1.807) is 29.2 Å². The summed E-state index contributed by atoms with van der Waals surface area (Å²) < 4.78 is 27.7. The Morgan fingerprint density at radius 2 is 1.61 bits per heavy atom. The van der Waals surface area contributed by atoms with Gasteiger partial charge in [0.25, 0.3) is 0 Å². The van der Waals surface area contributed by atoms with Crippen molar-refractivity contribution in [2.45, 2.75) is 17.7 Å². The number of amides is 2. The van der Waals surface area contributed by atoms with E-state index in [1.807, 2.05) is 18.2 Å². The van der Waals surface area contributed by atoms with Gasteiger partial charge in [-0.3, -0.25) is 0 Å². The molecule has 0 saturated carbocycles. The van der Waals surface area contributed by atoms with Gasteiger partial charge in [0.15, 0.2) is 0 Å². The summed E-state index contributed by atoms with van der Waals surface area (Å²) in [5.74, 6) is 0. The molecule has 1 fully saturated rings. The van der Waals surface area contributed by atoms with Gasteiger partial charge in [0.05, 0.1) is 4.90 Å². The Morgan fingerprint density at radius 1 is 0.964 bits per heavy atom. The van der Waals surface area contributed by atoms with Crippen molar-refractivity contribution >= 4 is 32.0 Å². The number of nitrogens with one attached hydrogen (secondary N) is 1. The number of sulfonamides is 1. The third-order valence-electron chi connectivity index (χ3n) is 4.74. The fraction of sp³-hybridized carbons (Fsp3) is 0.350. The predicted octanol–water partition coefficient (Wildman–Crippen LogP) is 3.10. The molecule has 1 aliphatic rings. The Morgan fingerprint density at radius 3 is 2.25 bits per heavy atom. The number of rotatable bonds is 6. The van der Waals surface area contributed by atoms with Gasteiger partial charge in [-0.2, -0.15) is 4.31 Å². The van der Waals surface area contributed by atoms with Crippen molar-refractivity contribution in [3.63, 3.8) is 0 Å². The predicted molar refractivity (Wildman–Crippen MR) is 113 cm³/mol. The summed E-state index contributed by atoms with van der Waals surface area (Å²) in [5.41, 5.74) is 1.25. The lowest BCUT2D eigenvalue weighted by atomic mass is 10.1. The number of carbonyl (C=O) groups excluding carboxylic acids is 1. The maximum Gasteiger partial charge on any atom is 0.317 e. The monoisotopic (exact) mass is 465 g/mol. The largest absolute Gasteiger partial charge is 0.338 e. The van der Waals surface area contributed by atoms with E-state index in [1.165, 1.54) is 9.87 Å². The first kappa shape index (κ1) is 20.8. The zero-order chi connectivity index (χ0) is 20.0. The normalized spacial score (nSPS) is 15.4. The summed E-state index contributed by atoms with van der Waals surface area (Å²) >= 11 is 3.31. The highest BCUT2D eigenvalue weighted by Crippen LogP contribution is 2.20. The summed E-state index contributed by atoms with van der Waals surface area (Å²) in [6.07, 6.45) is 1.79. The van der Waals surface area contributed by atoms with Crippen LogP contribution in [0.1, 0.15) is 12.0 Å². The number of carbonyl (C=O) groups is 1. The van der Waals surface area contributed by atoms with Gasteiger partial charge < -0.3 is 10.2 Å². The molecule has 0 unspecified atom stereocenters. The molecule has 1 aliphatic heterocycles. The van der Waals surface area contributed by atoms with E-state index in [9.17, 15) is 13.2 Å². The van der Waals surface area contributed by atoms with E-state index in [2.05, 4.69) is 33.4 Å². The van der Waals surface area contributed by atoms with Gasteiger partial charge in [-0.15, -0.1) is 0 Å². The molecule has 1 N–H and O–H groups in total. The number of urea groups is 1. The summed E-state index contributed by atoms with van der Waals surface area (Å²) in [4.78, 5) is 14.3. The maximum atomic E-state index is 12.7. The molecule has 6 nitrogen and oxygen atoms in total. The van der Waals surface area contributed by atoms with E-state index in [4.69, 9.17) is 0 Å². The molecule has 0 aliphatic carbocycles. The average molecular weight is 466 g/mol. The Labute approximate surface area is 174 Å². The number of hydrogen-bond acceptors (Lipinski definition) is 3. The van der Waals surface area contributed by atoms with Crippen molar-refractivity contribution in [3.8, 4) is 0 Å². The number of nitrogens with zero attached hydrogens (tertiary/aromatic N) is 2. The third kappa shape index (κ3) is 5.33. The molecular weight excluding hydrogens is 442 g/mol. The van der Waals surface area contributed by atoms with Crippen molar-refractivity contribution in [3.05, 3.63) is 64.6 Å². The van der Waals surface area contributed by atoms with Gasteiger partial charge in [-0.05, 0) is 42.7 Å². The first-order valence-corrected chi connectivity index (χ1v) is 11.5. The molecule has 28 heavy (non-hydrogen) atoms. The molecule has 150 valence electrons. The molecule has 8 heteroatoms. The summed E-state index contributed by atoms with van der Waals surface area (Å²) in [6, 6.07) is 16.6. The van der Waals surface area contributed by atoms with Crippen LogP contribution in [-0.4, -0.2) is 56.4 Å². The van der Waals surface area contributed by atoms with Crippen LogP contribution >= 0.6 is 15.9 Å². The van der Waals surface area contributed by atoms with Crippen LogP contribution in [0.5, 0.6) is 0 Å². The Hall–Kier alpha value is -1.90. The quantitative estimate of drug-likeness (QED) is 0.666. The second-order valence-corrected chi connectivity index (χ2v) is 9.52. The third-order valence-corrected chi connectivity index (χ3v) is 7.18. The zero-order valence-electron chi connectivity index (χ0n) is 15.6. The van der Waals surface area contributed by atoms with Crippen molar-refractivity contribution in [2.75, 3.05) is 32.7 Å². The second-order valence-electron chi connectivity index (χ2n) is 6.67. The molecule has 0 bridgehead atoms. The highest BCUT2D eigenvalue weighted by atomic mass is 79.9. The van der Waals surface area contributed by atoms with Crippen LogP contribution in [0.3, 0.4) is 0 Å². The van der Waals surface area contributed by atoms with Crippen LogP contribution in [0.15, 0.2) is 64.0 Å². The lowest BCUT2D eigenvalue weighted by Crippen LogP contribution is -2.53. The van der Waals surface area contributed by atoms with Crippen LogP contribution < -0.4 is 5.32 Å². The minimum absolute atomic E-state index is 0.131. The fourth-order valence-electron chi connectivity index (χ4n) is 3.13. The number of aryl methyl sites for hydroxylation is 1. The lowest BCUT2D eigenvalue weighted by molar-refractivity contribution is 0.172. The molecule has 2 aromatic carbocycles. The summed E-state index contributed by atoms with van der Waals surface area (Å²) in [6.45, 7) is 1.98. The molecular formula is C20H24BrN3O3S. The van der Waals surface area contributed by atoms with Crippen LogP contribution in [0.25, 0.3) is 0 Å². The molecule has 2 amide bonds. The number of benzene rings is 2. The first-order valence-electron chi connectivity index (χ1n) is 9.29. The average Bonchev–Trinajstić information content (AvgIpc) is 2.72. The van der Waals surface area contributed by atoms with Gasteiger partial charge in [-0.25, -0.2) is 13.2 Å². The molecule has 2 aromatic rings. The van der Waals surface area contributed by atoms with Crippen LogP contribution in [0, 0.1) is 0 Å². The lowest BCUT2D eigenvalue weighted by Gasteiger charge is -2.34. The SMILES string of the molecule is O=C(NCCCc1ccccc1)N1CCN(S(=O)(=O)c2ccc(Br)cc2)CC1. The van der Waals surface area contributed by atoms with Gasteiger partial charge in [0.2, 0.25) is 10.0 Å². The summed E-state index contributed by atoms with van der Waals surface area (Å²) in [7, 11) is -3.53. The summed E-state index contributed by atoms with van der Waals surface area (Å²) in [5, 5.41) is 2.93. The highest BCUT2D eigenvalue weighted by molar-refractivity contribution is 9.10.